The van der Waals surface area contributed by atoms with E-state index in [0.717, 1.165) is 11.1 Å². The van der Waals surface area contributed by atoms with E-state index in [4.69, 9.17) is 5.11 Å². The number of carbonyl (C=O) groups is 2. The van der Waals surface area contributed by atoms with Crippen molar-refractivity contribution >= 4 is 11.6 Å². The van der Waals surface area contributed by atoms with Gasteiger partial charge in [0.2, 0.25) is 0 Å². The number of aliphatic hydroxyl groups excluding tert-OH is 1. The summed E-state index contributed by atoms with van der Waals surface area (Å²) in [6, 6.07) is 14.7. The van der Waals surface area contributed by atoms with E-state index >= 15 is 0 Å². The lowest BCUT2D eigenvalue weighted by molar-refractivity contribution is 0.0895. The number of hydrogen-bond acceptors (Lipinski definition) is 3. The van der Waals surface area contributed by atoms with Crippen molar-refractivity contribution in [1.82, 2.24) is 0 Å². The predicted molar refractivity (Wildman–Crippen MR) is 73.3 cm³/mol. The van der Waals surface area contributed by atoms with Crippen LogP contribution in [-0.2, 0) is 0 Å². The minimum atomic E-state index is -0.592. The van der Waals surface area contributed by atoms with Gasteiger partial charge < -0.3 is 5.11 Å². The van der Waals surface area contributed by atoms with Crippen molar-refractivity contribution in [1.29, 1.82) is 0 Å². The van der Waals surface area contributed by atoms with E-state index in [-0.39, 0.29) is 11.3 Å². The van der Waals surface area contributed by atoms with Crippen molar-refractivity contribution in [2.45, 2.75) is 6.92 Å². The molecular weight excluding hydrogens is 240 g/mol. The summed E-state index contributed by atoms with van der Waals surface area (Å²) in [7, 11) is 0. The SMILES string of the molecule is CC(=O)c1cc(-c2ccccc2)ccc1C(=O)CO. The van der Waals surface area contributed by atoms with Crippen LogP contribution >= 0.6 is 0 Å². The molecule has 0 saturated heterocycles. The Bertz CT molecular complexity index is 615. The van der Waals surface area contributed by atoms with E-state index < -0.39 is 12.4 Å². The second kappa shape index (κ2) is 5.59. The van der Waals surface area contributed by atoms with Gasteiger partial charge in [-0.15, -0.1) is 0 Å². The third kappa shape index (κ3) is 2.77. The van der Waals surface area contributed by atoms with Crippen LogP contribution in [0.3, 0.4) is 0 Å². The highest BCUT2D eigenvalue weighted by Crippen LogP contribution is 2.23. The van der Waals surface area contributed by atoms with E-state index in [2.05, 4.69) is 0 Å². The minimum absolute atomic E-state index is 0.186. The van der Waals surface area contributed by atoms with Gasteiger partial charge in [0.05, 0.1) is 0 Å². The molecular formula is C16H14O3. The number of rotatable bonds is 4. The Morgan fingerprint density at radius 3 is 2.21 bits per heavy atom. The summed E-state index contributed by atoms with van der Waals surface area (Å²) in [5.74, 6) is -0.626. The van der Waals surface area contributed by atoms with E-state index in [1.54, 1.807) is 18.2 Å². The molecule has 0 aliphatic rings. The van der Waals surface area contributed by atoms with E-state index in [1.165, 1.54) is 6.92 Å². The fourth-order valence-electron chi connectivity index (χ4n) is 1.97. The molecule has 0 spiro atoms. The highest BCUT2D eigenvalue weighted by atomic mass is 16.3. The lowest BCUT2D eigenvalue weighted by Gasteiger charge is -2.08. The van der Waals surface area contributed by atoms with Gasteiger partial charge in [-0.3, -0.25) is 9.59 Å². The van der Waals surface area contributed by atoms with Crippen molar-refractivity contribution in [3.05, 3.63) is 59.7 Å². The summed E-state index contributed by atoms with van der Waals surface area (Å²) >= 11 is 0. The first-order chi connectivity index (χ1) is 9.13. The molecule has 2 aromatic rings. The second-order valence-corrected chi connectivity index (χ2v) is 4.26. The maximum Gasteiger partial charge on any atom is 0.188 e. The molecule has 0 saturated carbocycles. The average molecular weight is 254 g/mol. The summed E-state index contributed by atoms with van der Waals surface area (Å²) in [5, 5.41) is 8.92. The van der Waals surface area contributed by atoms with Gasteiger partial charge in [-0.05, 0) is 30.2 Å². The molecule has 0 heterocycles. The number of benzene rings is 2. The number of carbonyl (C=O) groups excluding carboxylic acids is 2. The molecule has 1 N–H and O–H groups in total. The molecule has 2 rings (SSSR count). The van der Waals surface area contributed by atoms with Crippen molar-refractivity contribution in [2.24, 2.45) is 0 Å². The summed E-state index contributed by atoms with van der Waals surface area (Å²) in [4.78, 5) is 23.2. The highest BCUT2D eigenvalue weighted by molar-refractivity contribution is 6.09. The molecule has 0 aliphatic carbocycles. The minimum Gasteiger partial charge on any atom is -0.388 e. The molecule has 0 atom stereocenters. The van der Waals surface area contributed by atoms with Crippen LogP contribution in [0.5, 0.6) is 0 Å². The standard InChI is InChI=1S/C16H14O3/c1-11(18)15-9-13(12-5-3-2-4-6-12)7-8-14(15)16(19)10-17/h2-9,17H,10H2,1H3. The number of aliphatic hydroxyl groups is 1. The molecule has 19 heavy (non-hydrogen) atoms. The number of Topliss-reactive ketones (excluding diaryl/α,β-unsaturated/α-hetero) is 2. The topological polar surface area (TPSA) is 54.4 Å². The van der Waals surface area contributed by atoms with Gasteiger partial charge in [0, 0.05) is 11.1 Å². The van der Waals surface area contributed by atoms with Crippen LogP contribution < -0.4 is 0 Å². The average Bonchev–Trinajstić information content (AvgIpc) is 2.46. The van der Waals surface area contributed by atoms with Crippen LogP contribution in [0.2, 0.25) is 0 Å². The maximum atomic E-state index is 11.6. The van der Waals surface area contributed by atoms with Crippen molar-refractivity contribution in [3.63, 3.8) is 0 Å². The molecule has 0 amide bonds. The Kier molecular flexibility index (Phi) is 3.88. The summed E-state index contributed by atoms with van der Waals surface area (Å²) in [6.45, 7) is 0.823. The zero-order chi connectivity index (χ0) is 13.8. The number of hydrogen-bond donors (Lipinski definition) is 1. The molecule has 0 radical (unpaired) electrons. The Morgan fingerprint density at radius 1 is 0.947 bits per heavy atom. The molecule has 0 fully saturated rings. The number of ketones is 2. The van der Waals surface area contributed by atoms with Crippen LogP contribution in [0, 0.1) is 0 Å². The smallest absolute Gasteiger partial charge is 0.188 e. The van der Waals surface area contributed by atoms with E-state index in [9.17, 15) is 9.59 Å². The Hall–Kier alpha value is -2.26. The van der Waals surface area contributed by atoms with Crippen LogP contribution in [-0.4, -0.2) is 23.3 Å². The fourth-order valence-corrected chi connectivity index (χ4v) is 1.97. The first-order valence-electron chi connectivity index (χ1n) is 5.98. The van der Waals surface area contributed by atoms with Crippen molar-refractivity contribution in [2.75, 3.05) is 6.61 Å². The van der Waals surface area contributed by atoms with Crippen molar-refractivity contribution in [3.8, 4) is 11.1 Å². The van der Waals surface area contributed by atoms with Crippen LogP contribution in [0.15, 0.2) is 48.5 Å². The quantitative estimate of drug-likeness (QED) is 0.853. The van der Waals surface area contributed by atoms with Gasteiger partial charge in [0.15, 0.2) is 11.6 Å². The predicted octanol–water partition coefficient (Wildman–Crippen LogP) is 2.73. The normalized spacial score (nSPS) is 10.2. The van der Waals surface area contributed by atoms with Gasteiger partial charge >= 0.3 is 0 Å². The lowest BCUT2D eigenvalue weighted by atomic mass is 9.95. The zero-order valence-corrected chi connectivity index (χ0v) is 10.6. The zero-order valence-electron chi connectivity index (χ0n) is 10.6. The molecule has 0 aliphatic heterocycles. The van der Waals surface area contributed by atoms with Gasteiger partial charge in [0.25, 0.3) is 0 Å². The van der Waals surface area contributed by atoms with Crippen molar-refractivity contribution < 1.29 is 14.7 Å². The van der Waals surface area contributed by atoms with Crippen LogP contribution in [0.4, 0.5) is 0 Å². The summed E-state index contributed by atoms with van der Waals surface area (Å²) in [6.07, 6.45) is 0. The first kappa shape index (κ1) is 13.2. The fraction of sp³-hybridized carbons (Fsp3) is 0.125. The monoisotopic (exact) mass is 254 g/mol. The van der Waals surface area contributed by atoms with Crippen LogP contribution in [0.25, 0.3) is 11.1 Å². The molecule has 0 bridgehead atoms. The maximum absolute atomic E-state index is 11.6. The Labute approximate surface area is 111 Å². The molecule has 2 aromatic carbocycles. The Balaban J connectivity index is 2.54. The molecule has 96 valence electrons. The molecule has 0 aromatic heterocycles. The third-order valence-corrected chi connectivity index (χ3v) is 2.95. The van der Waals surface area contributed by atoms with E-state index in [0.29, 0.717) is 5.56 Å². The summed E-state index contributed by atoms with van der Waals surface area (Å²) in [5.41, 5.74) is 2.48. The van der Waals surface area contributed by atoms with Gasteiger partial charge in [-0.1, -0.05) is 36.4 Å². The lowest BCUT2D eigenvalue weighted by Crippen LogP contribution is -2.10. The van der Waals surface area contributed by atoms with Gasteiger partial charge in [-0.2, -0.15) is 0 Å². The Morgan fingerprint density at radius 2 is 1.63 bits per heavy atom. The van der Waals surface area contributed by atoms with Gasteiger partial charge in [0.1, 0.15) is 6.61 Å². The van der Waals surface area contributed by atoms with Gasteiger partial charge in [-0.25, -0.2) is 0 Å². The second-order valence-electron chi connectivity index (χ2n) is 4.26. The highest BCUT2D eigenvalue weighted by Gasteiger charge is 2.14. The molecule has 0 unspecified atom stereocenters. The molecule has 3 heteroatoms. The molecule has 3 nitrogen and oxygen atoms in total. The van der Waals surface area contributed by atoms with E-state index in [1.807, 2.05) is 30.3 Å². The summed E-state index contributed by atoms with van der Waals surface area (Å²) < 4.78 is 0. The first-order valence-corrected chi connectivity index (χ1v) is 5.98. The third-order valence-electron chi connectivity index (χ3n) is 2.95. The van der Waals surface area contributed by atoms with Crippen LogP contribution in [0.1, 0.15) is 27.6 Å². The largest absolute Gasteiger partial charge is 0.388 e.